The van der Waals surface area contributed by atoms with E-state index in [0.717, 1.165) is 38.5 Å². The molecule has 4 saturated carbocycles. The van der Waals surface area contributed by atoms with Crippen molar-refractivity contribution in [3.8, 4) is 6.07 Å². The molecular formula is C20H25N5O3S. The van der Waals surface area contributed by atoms with Gasteiger partial charge < -0.3 is 20.7 Å². The van der Waals surface area contributed by atoms with E-state index in [9.17, 15) is 9.59 Å². The first-order valence-corrected chi connectivity index (χ1v) is 11.2. The summed E-state index contributed by atoms with van der Waals surface area (Å²) in [5.74, 6) is 0.895. The molecule has 0 spiro atoms. The van der Waals surface area contributed by atoms with Gasteiger partial charge in [-0.2, -0.15) is 5.26 Å². The molecule has 1 aliphatic heterocycles. The number of likely N-dealkylation sites (tertiary alicyclic amines) is 1. The molecule has 5 aliphatic rings. The van der Waals surface area contributed by atoms with E-state index in [0.29, 0.717) is 29.0 Å². The predicted molar refractivity (Wildman–Crippen MR) is 106 cm³/mol. The minimum Gasteiger partial charge on any atom is -0.446 e. The number of nitrogens with one attached hydrogen (secondary N) is 1. The van der Waals surface area contributed by atoms with Gasteiger partial charge in [-0.1, -0.05) is 11.3 Å². The highest BCUT2D eigenvalue weighted by Crippen LogP contribution is 2.60. The minimum atomic E-state index is -0.363. The van der Waals surface area contributed by atoms with E-state index in [-0.39, 0.29) is 41.4 Å². The smallest absolute Gasteiger partial charge is 0.410 e. The summed E-state index contributed by atoms with van der Waals surface area (Å²) in [6.45, 7) is 1.21. The Labute approximate surface area is 173 Å². The Morgan fingerprint density at radius 2 is 2.10 bits per heavy atom. The molecule has 8 nitrogen and oxygen atoms in total. The molecule has 1 saturated heterocycles. The van der Waals surface area contributed by atoms with Crippen LogP contribution in [-0.4, -0.2) is 47.1 Å². The summed E-state index contributed by atoms with van der Waals surface area (Å²) >= 11 is 1.32. The average molecular weight is 416 g/mol. The quantitative estimate of drug-likeness (QED) is 0.778. The fourth-order valence-electron chi connectivity index (χ4n) is 6.27. The number of hydrogen-bond acceptors (Lipinski definition) is 7. The van der Waals surface area contributed by atoms with Gasteiger partial charge in [-0.3, -0.25) is 4.79 Å². The molecule has 3 N–H and O–H groups in total. The summed E-state index contributed by atoms with van der Waals surface area (Å²) < 4.78 is 6.01. The topological polar surface area (TPSA) is 121 Å². The van der Waals surface area contributed by atoms with E-state index in [1.165, 1.54) is 11.3 Å². The first kappa shape index (κ1) is 18.7. The van der Waals surface area contributed by atoms with Crippen LogP contribution in [0.25, 0.3) is 0 Å². The molecular weight excluding hydrogens is 390 g/mol. The fourth-order valence-corrected chi connectivity index (χ4v) is 6.96. The van der Waals surface area contributed by atoms with Crippen LogP contribution in [0.3, 0.4) is 0 Å². The van der Waals surface area contributed by atoms with Gasteiger partial charge in [0.25, 0.3) is 0 Å². The Kier molecular flexibility index (Phi) is 4.42. The normalized spacial score (nSPS) is 37.3. The SMILES string of the molecule is N#Cc1cnc(NC2CCN(C(=O)OC3C4CC5CC3CC(C(N)=O)(C5)C4)C2)s1. The Balaban J connectivity index is 1.19. The zero-order valence-corrected chi connectivity index (χ0v) is 17.0. The van der Waals surface area contributed by atoms with Crippen LogP contribution in [0.4, 0.5) is 9.93 Å². The van der Waals surface area contributed by atoms with E-state index in [2.05, 4.69) is 16.4 Å². The lowest BCUT2D eigenvalue weighted by Crippen LogP contribution is -2.59. The molecule has 154 valence electrons. The van der Waals surface area contributed by atoms with Gasteiger partial charge in [0.05, 0.1) is 11.6 Å². The molecule has 2 heterocycles. The molecule has 1 aromatic heterocycles. The molecule has 4 bridgehead atoms. The number of primary amides is 1. The Hall–Kier alpha value is -2.34. The number of carbonyl (C=O) groups excluding carboxylic acids is 2. The third kappa shape index (κ3) is 3.23. The number of anilines is 1. The van der Waals surface area contributed by atoms with Crippen molar-refractivity contribution in [1.82, 2.24) is 9.88 Å². The average Bonchev–Trinajstić information content (AvgIpc) is 3.33. The maximum absolute atomic E-state index is 12.8. The molecule has 3 atom stereocenters. The number of nitriles is 1. The number of amides is 2. The van der Waals surface area contributed by atoms with Gasteiger partial charge >= 0.3 is 6.09 Å². The van der Waals surface area contributed by atoms with Crippen molar-refractivity contribution >= 4 is 28.5 Å². The maximum Gasteiger partial charge on any atom is 0.410 e. The lowest BCUT2D eigenvalue weighted by atomic mass is 9.48. The Morgan fingerprint density at radius 1 is 1.34 bits per heavy atom. The second kappa shape index (κ2) is 6.87. The minimum absolute atomic E-state index is 0.0873. The summed E-state index contributed by atoms with van der Waals surface area (Å²) in [5, 5.41) is 12.9. The van der Waals surface area contributed by atoms with Crippen LogP contribution in [0.5, 0.6) is 0 Å². The standard InChI is InChI=1S/C20H25N5O3S/c21-8-15-9-23-18(29-15)24-14-1-2-25(10-14)19(27)28-16-12-3-11-4-13(16)7-20(5-11,6-12)17(22)26/h9,11-14,16H,1-7,10H2,(H2,22,26)(H,23,24). The fraction of sp³-hybridized carbons (Fsp3) is 0.700. The number of thiazole rings is 1. The highest BCUT2D eigenvalue weighted by Gasteiger charge is 2.59. The summed E-state index contributed by atoms with van der Waals surface area (Å²) in [6, 6.07) is 2.19. The summed E-state index contributed by atoms with van der Waals surface area (Å²) in [4.78, 5) is 31.4. The van der Waals surface area contributed by atoms with Gasteiger partial charge in [-0.25, -0.2) is 9.78 Å². The molecule has 4 aliphatic carbocycles. The molecule has 9 heteroatoms. The molecule has 6 rings (SSSR count). The van der Waals surface area contributed by atoms with Crippen molar-refractivity contribution in [2.45, 2.75) is 50.7 Å². The second-order valence-corrected chi connectivity index (χ2v) is 10.2. The Bertz CT molecular complexity index is 864. The van der Waals surface area contributed by atoms with Crippen molar-refractivity contribution in [1.29, 1.82) is 5.26 Å². The summed E-state index contributed by atoms with van der Waals surface area (Å²) in [6.07, 6.45) is 6.57. The molecule has 29 heavy (non-hydrogen) atoms. The van der Waals surface area contributed by atoms with E-state index < -0.39 is 0 Å². The summed E-state index contributed by atoms with van der Waals surface area (Å²) in [7, 11) is 0. The monoisotopic (exact) mass is 415 g/mol. The van der Waals surface area contributed by atoms with E-state index in [1.807, 2.05) is 0 Å². The molecule has 5 fully saturated rings. The van der Waals surface area contributed by atoms with Crippen LogP contribution in [0, 0.1) is 34.5 Å². The first-order valence-electron chi connectivity index (χ1n) is 10.3. The number of hydrogen-bond donors (Lipinski definition) is 2. The predicted octanol–water partition coefficient (Wildman–Crippen LogP) is 2.32. The zero-order chi connectivity index (χ0) is 20.2. The third-order valence-corrected chi connectivity index (χ3v) is 8.17. The van der Waals surface area contributed by atoms with Gasteiger partial charge in [0, 0.05) is 19.1 Å². The van der Waals surface area contributed by atoms with Crippen molar-refractivity contribution < 1.29 is 14.3 Å². The van der Waals surface area contributed by atoms with Crippen LogP contribution < -0.4 is 11.1 Å². The number of nitrogens with zero attached hydrogens (tertiary/aromatic N) is 3. The van der Waals surface area contributed by atoms with Crippen LogP contribution in [0.2, 0.25) is 0 Å². The highest BCUT2D eigenvalue weighted by atomic mass is 32.1. The zero-order valence-electron chi connectivity index (χ0n) is 16.2. The summed E-state index contributed by atoms with van der Waals surface area (Å²) in [5.41, 5.74) is 5.38. The maximum atomic E-state index is 12.8. The molecule has 0 aromatic carbocycles. The van der Waals surface area contributed by atoms with Crippen LogP contribution in [-0.2, 0) is 9.53 Å². The van der Waals surface area contributed by atoms with Crippen molar-refractivity contribution in [2.75, 3.05) is 18.4 Å². The lowest BCUT2D eigenvalue weighted by molar-refractivity contribution is -0.161. The molecule has 1 aromatic rings. The molecule has 3 unspecified atom stereocenters. The number of carbonyl (C=O) groups is 2. The van der Waals surface area contributed by atoms with Crippen LogP contribution in [0.1, 0.15) is 43.4 Å². The van der Waals surface area contributed by atoms with E-state index in [1.54, 1.807) is 11.1 Å². The molecule has 2 amide bonds. The van der Waals surface area contributed by atoms with Gasteiger partial charge in [0.1, 0.15) is 17.1 Å². The third-order valence-electron chi connectivity index (χ3n) is 7.34. The highest BCUT2D eigenvalue weighted by molar-refractivity contribution is 7.16. The number of rotatable bonds is 4. The van der Waals surface area contributed by atoms with Crippen molar-refractivity contribution in [3.63, 3.8) is 0 Å². The Morgan fingerprint density at radius 3 is 2.76 bits per heavy atom. The number of aromatic nitrogens is 1. The van der Waals surface area contributed by atoms with Crippen molar-refractivity contribution in [2.24, 2.45) is 28.9 Å². The van der Waals surface area contributed by atoms with E-state index >= 15 is 0 Å². The number of ether oxygens (including phenoxy) is 1. The van der Waals surface area contributed by atoms with Gasteiger partial charge in [-0.05, 0) is 56.3 Å². The van der Waals surface area contributed by atoms with Gasteiger partial charge in [0.2, 0.25) is 5.91 Å². The van der Waals surface area contributed by atoms with Crippen LogP contribution >= 0.6 is 11.3 Å². The van der Waals surface area contributed by atoms with Gasteiger partial charge in [0.15, 0.2) is 5.13 Å². The first-order chi connectivity index (χ1) is 14.0. The van der Waals surface area contributed by atoms with E-state index in [4.69, 9.17) is 15.7 Å². The van der Waals surface area contributed by atoms with Gasteiger partial charge in [-0.15, -0.1) is 0 Å². The number of nitrogens with two attached hydrogens (primary N) is 1. The second-order valence-electron chi connectivity index (χ2n) is 9.18. The lowest BCUT2D eigenvalue weighted by Gasteiger charge is -2.58. The van der Waals surface area contributed by atoms with Crippen molar-refractivity contribution in [3.05, 3.63) is 11.1 Å². The molecule has 0 radical (unpaired) electrons. The van der Waals surface area contributed by atoms with Crippen LogP contribution in [0.15, 0.2) is 6.20 Å². The largest absolute Gasteiger partial charge is 0.446 e.